The molecule has 180 valence electrons. The predicted octanol–water partition coefficient (Wildman–Crippen LogP) is 5.20. The number of hydrogen-bond acceptors (Lipinski definition) is 8. The van der Waals surface area contributed by atoms with E-state index in [9.17, 15) is 35.7 Å². The number of phenolic OH excluding ortho intramolecular Hbond substituents is 7. The molecule has 7 N–H and O–H groups in total. The second-order valence-corrected chi connectivity index (χ2v) is 8.90. The number of benzene rings is 5. The molecular formula is C28H20O8. The smallest absolute Gasteiger partial charge is 0.158 e. The van der Waals surface area contributed by atoms with Crippen LogP contribution in [0.3, 0.4) is 0 Å². The van der Waals surface area contributed by atoms with Crippen molar-refractivity contribution in [3.05, 3.63) is 83.4 Å². The molecule has 1 aliphatic heterocycles. The Labute approximate surface area is 203 Å². The van der Waals surface area contributed by atoms with Crippen molar-refractivity contribution in [2.75, 3.05) is 0 Å². The van der Waals surface area contributed by atoms with Crippen molar-refractivity contribution in [1.29, 1.82) is 0 Å². The Kier molecular flexibility index (Phi) is 4.49. The highest BCUT2D eigenvalue weighted by Gasteiger charge is 2.39. The van der Waals surface area contributed by atoms with Gasteiger partial charge in [-0.1, -0.05) is 18.2 Å². The first kappa shape index (κ1) is 21.5. The molecule has 0 saturated heterocycles. The highest BCUT2D eigenvalue weighted by Crippen LogP contribution is 2.56. The first-order valence-electron chi connectivity index (χ1n) is 11.1. The van der Waals surface area contributed by atoms with Crippen LogP contribution in [-0.4, -0.2) is 35.7 Å². The third-order valence-corrected chi connectivity index (χ3v) is 6.67. The quantitative estimate of drug-likeness (QED) is 0.133. The molecule has 0 spiro atoms. The fourth-order valence-electron chi connectivity index (χ4n) is 5.15. The van der Waals surface area contributed by atoms with Gasteiger partial charge in [-0.15, -0.1) is 0 Å². The average Bonchev–Trinajstić information content (AvgIpc) is 3.20. The zero-order valence-electron chi connectivity index (χ0n) is 18.5. The Morgan fingerprint density at radius 1 is 0.528 bits per heavy atom. The van der Waals surface area contributed by atoms with Gasteiger partial charge in [0.2, 0.25) is 0 Å². The molecule has 0 aliphatic carbocycles. The van der Waals surface area contributed by atoms with Gasteiger partial charge in [0.15, 0.2) is 23.0 Å². The van der Waals surface area contributed by atoms with E-state index in [1.165, 1.54) is 48.5 Å². The van der Waals surface area contributed by atoms with Gasteiger partial charge < -0.3 is 40.5 Å². The number of hydrogen-bond donors (Lipinski definition) is 7. The van der Waals surface area contributed by atoms with Gasteiger partial charge in [0.1, 0.15) is 29.1 Å². The highest BCUT2D eigenvalue weighted by atomic mass is 16.5. The Morgan fingerprint density at radius 3 is 1.94 bits per heavy atom. The van der Waals surface area contributed by atoms with Gasteiger partial charge in [0, 0.05) is 23.1 Å². The molecular weight excluding hydrogens is 464 g/mol. The molecule has 6 rings (SSSR count). The van der Waals surface area contributed by atoms with E-state index in [1.54, 1.807) is 18.2 Å². The van der Waals surface area contributed by atoms with Crippen molar-refractivity contribution in [2.24, 2.45) is 0 Å². The van der Waals surface area contributed by atoms with Crippen LogP contribution >= 0.6 is 0 Å². The van der Waals surface area contributed by atoms with Crippen molar-refractivity contribution in [3.8, 4) is 46.0 Å². The first-order chi connectivity index (χ1) is 17.2. The van der Waals surface area contributed by atoms with Gasteiger partial charge in [-0.2, -0.15) is 0 Å². The monoisotopic (exact) mass is 484 g/mol. The molecule has 0 amide bonds. The molecule has 2 atom stereocenters. The molecule has 8 nitrogen and oxygen atoms in total. The summed E-state index contributed by atoms with van der Waals surface area (Å²) >= 11 is 0. The lowest BCUT2D eigenvalue weighted by atomic mass is 9.82. The van der Waals surface area contributed by atoms with Crippen LogP contribution in [0.1, 0.15) is 28.7 Å². The van der Waals surface area contributed by atoms with Crippen molar-refractivity contribution >= 4 is 21.5 Å². The zero-order valence-corrected chi connectivity index (χ0v) is 18.5. The SMILES string of the molecule is Oc1cc(O)cc(C2c3c(cc(O)c4c3ccc3cc(O)c(O)cc34)OC2c2ccc(O)c(O)c2)c1. The minimum Gasteiger partial charge on any atom is -0.508 e. The van der Waals surface area contributed by atoms with Crippen LogP contribution in [-0.2, 0) is 0 Å². The second kappa shape index (κ2) is 7.51. The van der Waals surface area contributed by atoms with Gasteiger partial charge in [-0.25, -0.2) is 0 Å². The standard InChI is InChI=1S/C28H20O8/c29-15-5-14(6-16(30)9-15)25-27-17-3-1-12-7-21(33)22(34)10-18(12)26(17)23(35)11-24(27)36-28(25)13-2-4-19(31)20(32)8-13/h1-11,25,28-35H. The summed E-state index contributed by atoms with van der Waals surface area (Å²) in [6, 6.07) is 16.3. The van der Waals surface area contributed by atoms with Crippen LogP contribution in [0.15, 0.2) is 66.7 Å². The van der Waals surface area contributed by atoms with Crippen LogP contribution in [0.4, 0.5) is 0 Å². The van der Waals surface area contributed by atoms with E-state index in [0.29, 0.717) is 44.0 Å². The minimum absolute atomic E-state index is 0.105. The molecule has 0 saturated carbocycles. The molecule has 36 heavy (non-hydrogen) atoms. The molecule has 0 fully saturated rings. The largest absolute Gasteiger partial charge is 0.508 e. The van der Waals surface area contributed by atoms with E-state index in [2.05, 4.69) is 0 Å². The molecule has 1 heterocycles. The van der Waals surface area contributed by atoms with Crippen LogP contribution in [0.2, 0.25) is 0 Å². The summed E-state index contributed by atoms with van der Waals surface area (Å²) in [6.07, 6.45) is -0.749. The van der Waals surface area contributed by atoms with Gasteiger partial charge >= 0.3 is 0 Å². The predicted molar refractivity (Wildman–Crippen MR) is 131 cm³/mol. The minimum atomic E-state index is -0.749. The van der Waals surface area contributed by atoms with Gasteiger partial charge in [-0.05, 0) is 63.7 Å². The van der Waals surface area contributed by atoms with Crippen molar-refractivity contribution in [3.63, 3.8) is 0 Å². The highest BCUT2D eigenvalue weighted by molar-refractivity contribution is 6.13. The summed E-state index contributed by atoms with van der Waals surface area (Å²) in [5.41, 5.74) is 1.69. The van der Waals surface area contributed by atoms with Gasteiger partial charge in [-0.3, -0.25) is 0 Å². The summed E-state index contributed by atoms with van der Waals surface area (Å²) in [6.45, 7) is 0. The molecule has 2 unspecified atom stereocenters. The molecule has 1 aliphatic rings. The summed E-state index contributed by atoms with van der Waals surface area (Å²) < 4.78 is 6.27. The van der Waals surface area contributed by atoms with Crippen molar-refractivity contribution in [1.82, 2.24) is 0 Å². The average molecular weight is 484 g/mol. The van der Waals surface area contributed by atoms with E-state index in [0.717, 1.165) is 0 Å². The Bertz CT molecular complexity index is 1690. The number of ether oxygens (including phenoxy) is 1. The lowest BCUT2D eigenvalue weighted by Gasteiger charge is -2.21. The maximum absolute atomic E-state index is 11.0. The van der Waals surface area contributed by atoms with Gasteiger partial charge in [0.25, 0.3) is 0 Å². The van der Waals surface area contributed by atoms with Crippen LogP contribution in [0.5, 0.6) is 46.0 Å². The summed E-state index contributed by atoms with van der Waals surface area (Å²) in [5.74, 6) is -1.91. The van der Waals surface area contributed by atoms with E-state index in [-0.39, 0.29) is 40.2 Å². The van der Waals surface area contributed by atoms with E-state index in [4.69, 9.17) is 4.74 Å². The maximum atomic E-state index is 11.0. The molecule has 5 aromatic carbocycles. The second-order valence-electron chi connectivity index (χ2n) is 8.90. The Hall–Kier alpha value is -4.98. The fourth-order valence-corrected chi connectivity index (χ4v) is 5.15. The number of rotatable bonds is 2. The van der Waals surface area contributed by atoms with Crippen molar-refractivity contribution in [2.45, 2.75) is 12.0 Å². The van der Waals surface area contributed by atoms with Crippen molar-refractivity contribution < 1.29 is 40.5 Å². The number of aromatic hydroxyl groups is 7. The van der Waals surface area contributed by atoms with Crippen LogP contribution in [0, 0.1) is 0 Å². The lowest BCUT2D eigenvalue weighted by molar-refractivity contribution is 0.221. The normalized spacial score (nSPS) is 16.8. The molecule has 0 radical (unpaired) electrons. The van der Waals surface area contributed by atoms with E-state index < -0.39 is 12.0 Å². The number of phenols is 7. The molecule has 0 bridgehead atoms. The first-order valence-corrected chi connectivity index (χ1v) is 11.1. The van der Waals surface area contributed by atoms with Crippen LogP contribution < -0.4 is 4.74 Å². The van der Waals surface area contributed by atoms with Crippen LogP contribution in [0.25, 0.3) is 21.5 Å². The van der Waals surface area contributed by atoms with E-state index >= 15 is 0 Å². The fraction of sp³-hybridized carbons (Fsp3) is 0.0714. The molecule has 0 aromatic heterocycles. The third kappa shape index (κ3) is 3.15. The van der Waals surface area contributed by atoms with Gasteiger partial charge in [0.05, 0.1) is 5.92 Å². The molecule has 5 aromatic rings. The Balaban J connectivity index is 1.68. The summed E-state index contributed by atoms with van der Waals surface area (Å²) in [7, 11) is 0. The summed E-state index contributed by atoms with van der Waals surface area (Å²) in [4.78, 5) is 0. The Morgan fingerprint density at radius 2 is 1.22 bits per heavy atom. The van der Waals surface area contributed by atoms with E-state index in [1.807, 2.05) is 0 Å². The lowest BCUT2D eigenvalue weighted by Crippen LogP contribution is -2.11. The maximum Gasteiger partial charge on any atom is 0.158 e. The summed E-state index contributed by atoms with van der Waals surface area (Å²) in [5, 5.41) is 73.6. The third-order valence-electron chi connectivity index (χ3n) is 6.67. The zero-order chi connectivity index (χ0) is 25.3. The number of fused-ring (bicyclic) bond motifs is 5. The molecule has 8 heteroatoms. The topological polar surface area (TPSA) is 151 Å².